The molecule has 2 nitrogen and oxygen atoms in total. The molecule has 1 heterocycles. The van der Waals surface area contributed by atoms with Gasteiger partial charge in [-0.3, -0.25) is 9.78 Å². The van der Waals surface area contributed by atoms with Gasteiger partial charge >= 0.3 is 0 Å². The van der Waals surface area contributed by atoms with Gasteiger partial charge in [-0.15, -0.1) is 0 Å². The van der Waals surface area contributed by atoms with Crippen LogP contribution in [0.1, 0.15) is 419 Å². The fourth-order valence-electron chi connectivity index (χ4n) is 13.8. The number of hydrogen-bond donors (Lipinski definition) is 0. The summed E-state index contributed by atoms with van der Waals surface area (Å²) >= 11 is 0. The molecule has 10 aliphatic carbocycles. The van der Waals surface area contributed by atoms with Crippen molar-refractivity contribution in [1.82, 2.24) is 4.98 Å². The summed E-state index contributed by atoms with van der Waals surface area (Å²) in [5.74, 6) is 14.5. The number of nitrogens with zero attached hydrogens (tertiary/aromatic N) is 1. The van der Waals surface area contributed by atoms with Crippen LogP contribution < -0.4 is 0 Å². The Kier molecular flexibility index (Phi) is 70.3. The van der Waals surface area contributed by atoms with Gasteiger partial charge in [-0.1, -0.05) is 482 Å². The molecule has 636 valence electrons. The molecule has 10 aliphatic rings. The summed E-state index contributed by atoms with van der Waals surface area (Å²) in [7, 11) is 0. The predicted octanol–water partition coefficient (Wildman–Crippen LogP) is 36.5. The summed E-state index contributed by atoms with van der Waals surface area (Å²) in [6.07, 6.45) is 52.6. The Morgan fingerprint density at radius 1 is 0.243 bits per heavy atom. The first-order chi connectivity index (χ1) is 52.8. The number of fused-ring (bicyclic) bond motifs is 4. The van der Waals surface area contributed by atoms with Crippen LogP contribution in [0.15, 0.2) is 140 Å². The second-order valence-electron chi connectivity index (χ2n) is 39.5. The molecule has 8 fully saturated rings. The summed E-state index contributed by atoms with van der Waals surface area (Å²) < 4.78 is 0. The third-order valence-corrected chi connectivity index (χ3v) is 19.9. The topological polar surface area (TPSA) is 30.0 Å². The van der Waals surface area contributed by atoms with Gasteiger partial charge in [-0.05, 0) is 173 Å². The maximum absolute atomic E-state index is 11.1. The second kappa shape index (κ2) is 71.9. The predicted molar refractivity (Wildman–Crippen MR) is 507 cm³/mol. The van der Waals surface area contributed by atoms with Gasteiger partial charge in [0.1, 0.15) is 0 Å². The normalized spacial score (nSPS) is 17.5. The first kappa shape index (κ1) is 108. The Hall–Kier alpha value is -4.56. The molecule has 0 spiro atoms. The average Bonchev–Trinajstić information content (AvgIpc) is 1.57. The molecule has 8 saturated carbocycles. The van der Waals surface area contributed by atoms with Crippen molar-refractivity contribution in [1.29, 1.82) is 0 Å². The number of carbonyl (C=O) groups is 1. The zero-order valence-electron chi connectivity index (χ0n) is 79.0. The molecule has 0 amide bonds. The van der Waals surface area contributed by atoms with E-state index in [1.165, 1.54) is 226 Å². The monoisotopic (exact) mass is 1530 g/mol. The minimum Gasteiger partial charge on any atom is -0.294 e. The zero-order chi connectivity index (χ0) is 83.6. The molecule has 0 aliphatic heterocycles. The highest BCUT2D eigenvalue weighted by Gasteiger charge is 2.41. The summed E-state index contributed by atoms with van der Waals surface area (Å²) in [4.78, 5) is 15.2. The lowest BCUT2D eigenvalue weighted by atomic mass is 9.56. The largest absolute Gasteiger partial charge is 0.294 e. The van der Waals surface area contributed by atoms with Crippen LogP contribution in [0.5, 0.6) is 0 Å². The van der Waals surface area contributed by atoms with E-state index in [4.69, 9.17) is 0 Å². The Labute approximate surface area is 695 Å². The highest BCUT2D eigenvalue weighted by Crippen LogP contribution is 2.53. The van der Waals surface area contributed by atoms with Crippen molar-refractivity contribution >= 4 is 27.5 Å². The maximum atomic E-state index is 11.1. The highest BCUT2D eigenvalue weighted by atomic mass is 16.1. The van der Waals surface area contributed by atoms with Crippen LogP contribution in [-0.4, -0.2) is 10.8 Å². The molecular formula is C109H189NO. The number of pyridine rings is 1. The number of hydrogen-bond acceptors (Lipinski definition) is 2. The van der Waals surface area contributed by atoms with Crippen LogP contribution in [0, 0.1) is 88.8 Å². The molecule has 2 bridgehead atoms. The number of Topliss-reactive ketones (excluding diaryl/α,β-unsaturated/α-hetero) is 1. The summed E-state index contributed by atoms with van der Waals surface area (Å²) in [6.45, 7) is 59.6. The number of para-hydroxylation sites is 1. The molecule has 111 heavy (non-hydrogen) atoms. The van der Waals surface area contributed by atoms with E-state index in [0.29, 0.717) is 12.2 Å². The van der Waals surface area contributed by atoms with Gasteiger partial charge in [0, 0.05) is 23.6 Å². The highest BCUT2D eigenvalue weighted by molar-refractivity contribution is 6.00. The van der Waals surface area contributed by atoms with Gasteiger partial charge in [0.25, 0.3) is 0 Å². The molecule has 0 N–H and O–H groups in total. The standard InChI is InChI=1S/C10H8.C10H20.C9H7N.C9H8O.C9H10.C9H18.C8H16.2C6H12.C5H8.7C4H10/c1-2-6-10-8-4-3-7-9(10)5-1;1-9(2)10-7-5-3-4-6-8-10;1-2-6-9-8(4-1)5-3-7-10-9;10-9-6-5-7-3-1-2-4-8(7)9;1-2-5-9-7-3-6-8(9)4-1;1-8(2)9-6-4-3-5-7-9;1-7(2)8-5-3-4-6-8;2*1-2-4-6-5-3-1;1-4-2-5(1)3-4;7*1-4(2)3/h1-8H;9-10H,3-8H2,1-2H3;1-7H;1-4H,5-6H2;1-2,4-5H,3,6-7H2;8-9H,3-7H2,1-2H3;7-8H,3-6H2,1-2H3;2*1-6H2;4-5H,1-3H2;7*4H,1-3H3. The van der Waals surface area contributed by atoms with E-state index in [1.807, 2.05) is 54.7 Å². The van der Waals surface area contributed by atoms with E-state index < -0.39 is 0 Å². The molecule has 2 heteroatoms. The van der Waals surface area contributed by atoms with Crippen molar-refractivity contribution < 1.29 is 4.79 Å². The van der Waals surface area contributed by atoms with Crippen LogP contribution >= 0.6 is 0 Å². The third-order valence-electron chi connectivity index (χ3n) is 19.9. The second-order valence-corrected chi connectivity index (χ2v) is 39.5. The van der Waals surface area contributed by atoms with Gasteiger partial charge in [0.2, 0.25) is 0 Å². The number of aromatic nitrogens is 1. The van der Waals surface area contributed by atoms with E-state index >= 15 is 0 Å². The van der Waals surface area contributed by atoms with Gasteiger partial charge < -0.3 is 0 Å². The van der Waals surface area contributed by atoms with Crippen LogP contribution in [-0.2, 0) is 19.3 Å². The third kappa shape index (κ3) is 68.4. The smallest absolute Gasteiger partial charge is 0.163 e. The number of carbonyl (C=O) groups excluding carboxylic acids is 1. The van der Waals surface area contributed by atoms with Crippen molar-refractivity contribution in [2.75, 3.05) is 0 Å². The van der Waals surface area contributed by atoms with Crippen LogP contribution in [0.25, 0.3) is 21.7 Å². The Bertz CT molecular complexity index is 2580. The molecule has 0 unspecified atom stereocenters. The lowest BCUT2D eigenvalue weighted by molar-refractivity contribution is 0.0198. The fraction of sp³-hybridized carbons (Fsp3) is 0.706. The molecule has 5 aromatic carbocycles. The van der Waals surface area contributed by atoms with Gasteiger partial charge in [-0.25, -0.2) is 0 Å². The molecule has 0 radical (unpaired) electrons. The van der Waals surface area contributed by atoms with E-state index in [2.05, 4.69) is 277 Å². The number of benzene rings is 5. The maximum Gasteiger partial charge on any atom is 0.163 e. The molecule has 0 saturated heterocycles. The molecule has 16 rings (SSSR count). The molecule has 0 atom stereocenters. The van der Waals surface area contributed by atoms with Crippen molar-refractivity contribution in [2.45, 2.75) is 412 Å². The lowest BCUT2D eigenvalue weighted by Gasteiger charge is -2.49. The molecule has 6 aromatic rings. The van der Waals surface area contributed by atoms with Crippen LogP contribution in [0.3, 0.4) is 0 Å². The Morgan fingerprint density at radius 3 is 0.739 bits per heavy atom. The van der Waals surface area contributed by atoms with E-state index in [0.717, 1.165) is 94.4 Å². The minimum atomic E-state index is 0.301. The van der Waals surface area contributed by atoms with Gasteiger partial charge in [0.05, 0.1) is 5.52 Å². The molecule has 1 aromatic heterocycles. The number of aryl methyl sites for hydroxylation is 3. The first-order valence-electron chi connectivity index (χ1n) is 47.2. The number of ketones is 1. The molecular weight excluding hydrogens is 1340 g/mol. The van der Waals surface area contributed by atoms with Gasteiger partial charge in [0.15, 0.2) is 5.78 Å². The van der Waals surface area contributed by atoms with Crippen LogP contribution in [0.4, 0.5) is 0 Å². The van der Waals surface area contributed by atoms with Crippen molar-refractivity contribution in [2.24, 2.45) is 88.8 Å². The van der Waals surface area contributed by atoms with Crippen molar-refractivity contribution in [3.8, 4) is 0 Å². The van der Waals surface area contributed by atoms with Crippen molar-refractivity contribution in [3.63, 3.8) is 0 Å². The fourth-order valence-corrected chi connectivity index (χ4v) is 13.8. The van der Waals surface area contributed by atoms with Gasteiger partial charge in [-0.2, -0.15) is 0 Å². The Balaban J connectivity index is 0. The van der Waals surface area contributed by atoms with Crippen molar-refractivity contribution in [3.05, 3.63) is 162 Å². The number of rotatable bonds is 3. The van der Waals surface area contributed by atoms with E-state index in [-0.39, 0.29) is 0 Å². The average molecular weight is 1530 g/mol. The lowest BCUT2D eigenvalue weighted by Crippen LogP contribution is -2.38. The summed E-state index contributed by atoms with van der Waals surface area (Å²) in [6, 6.07) is 45.4. The quantitative estimate of drug-likeness (QED) is 0.165. The minimum absolute atomic E-state index is 0.301. The van der Waals surface area contributed by atoms with E-state index in [1.54, 1.807) is 30.4 Å². The summed E-state index contributed by atoms with van der Waals surface area (Å²) in [5, 5.41) is 3.82. The Morgan fingerprint density at radius 2 is 0.468 bits per heavy atom. The SMILES string of the molecule is C1C2CC1C2.C1CCCCC1.C1CCCCC1.CC(C)C.CC(C)C.CC(C)C.CC(C)C.CC(C)C.CC(C)C.CC(C)C.CC(C)C1CCCC1.CC(C)C1CCCCC1.CC(C)C1CCCCCC1.O=C1CCc2ccccc21.c1ccc2c(c1)CCC2.c1ccc2ccccc2c1.c1ccc2ncccc2c1. The zero-order valence-corrected chi connectivity index (χ0v) is 79.0. The van der Waals surface area contributed by atoms with Crippen LogP contribution in [0.2, 0.25) is 0 Å². The summed E-state index contributed by atoms with van der Waals surface area (Å²) in [5.41, 5.74) is 6.34. The first-order valence-corrected chi connectivity index (χ1v) is 47.2. The van der Waals surface area contributed by atoms with E-state index in [9.17, 15) is 4.79 Å².